The maximum absolute atomic E-state index is 11.4. The summed E-state index contributed by atoms with van der Waals surface area (Å²) in [5.41, 5.74) is 1.13. The van der Waals surface area contributed by atoms with Crippen LogP contribution in [0.2, 0.25) is 5.02 Å². The molecule has 4 nitrogen and oxygen atoms in total. The molecule has 0 fully saturated rings. The van der Waals surface area contributed by atoms with Crippen molar-refractivity contribution < 1.29 is 9.53 Å². The molecule has 21 heavy (non-hydrogen) atoms. The number of halogens is 1. The predicted molar refractivity (Wildman–Crippen MR) is 86.9 cm³/mol. The van der Waals surface area contributed by atoms with Crippen LogP contribution in [-0.2, 0) is 11.3 Å². The normalized spacial score (nSPS) is 10.8. The van der Waals surface area contributed by atoms with E-state index in [2.05, 4.69) is 19.2 Å². The van der Waals surface area contributed by atoms with Gasteiger partial charge < -0.3 is 15.0 Å². The summed E-state index contributed by atoms with van der Waals surface area (Å²) in [4.78, 5) is 13.0. The average molecular weight is 313 g/mol. The summed E-state index contributed by atoms with van der Waals surface area (Å²) >= 11 is 6.21. The zero-order chi connectivity index (χ0) is 15.8. The van der Waals surface area contributed by atoms with Crippen LogP contribution in [0.25, 0.3) is 0 Å². The van der Waals surface area contributed by atoms with Crippen molar-refractivity contribution in [2.75, 3.05) is 20.7 Å². The second-order valence-corrected chi connectivity index (χ2v) is 5.95. The van der Waals surface area contributed by atoms with Crippen LogP contribution < -0.4 is 10.1 Å². The quantitative estimate of drug-likeness (QED) is 0.750. The summed E-state index contributed by atoms with van der Waals surface area (Å²) in [7, 11) is 3.51. The Bertz CT molecular complexity index is 462. The van der Waals surface area contributed by atoms with E-state index in [1.54, 1.807) is 19.0 Å². The van der Waals surface area contributed by atoms with Gasteiger partial charge in [-0.2, -0.15) is 0 Å². The first kappa shape index (κ1) is 17.8. The number of nitrogens with zero attached hydrogens (tertiary/aromatic N) is 1. The number of amides is 1. The number of rotatable bonds is 8. The lowest BCUT2D eigenvalue weighted by molar-refractivity contribution is -0.128. The molecule has 0 aromatic heterocycles. The number of carbonyl (C=O) groups is 1. The van der Waals surface area contributed by atoms with E-state index >= 15 is 0 Å². The van der Waals surface area contributed by atoms with Crippen molar-refractivity contribution in [1.29, 1.82) is 0 Å². The standard InChI is InChI=1S/C16H25ClN2O2/c1-12(2)18-11-13-7-8-15(14(17)10-13)21-9-5-6-16(20)19(3)4/h7-8,10,12,18H,5-6,9,11H2,1-4H3. The lowest BCUT2D eigenvalue weighted by Crippen LogP contribution is -2.22. The second kappa shape index (κ2) is 8.90. The van der Waals surface area contributed by atoms with Crippen molar-refractivity contribution in [1.82, 2.24) is 10.2 Å². The summed E-state index contributed by atoms with van der Waals surface area (Å²) in [5, 5.41) is 3.95. The van der Waals surface area contributed by atoms with Gasteiger partial charge in [0.05, 0.1) is 11.6 Å². The molecule has 118 valence electrons. The lowest BCUT2D eigenvalue weighted by atomic mass is 10.2. The van der Waals surface area contributed by atoms with Crippen LogP contribution in [-0.4, -0.2) is 37.6 Å². The first-order valence-corrected chi connectivity index (χ1v) is 7.62. The van der Waals surface area contributed by atoms with E-state index in [1.807, 2.05) is 18.2 Å². The molecule has 0 spiro atoms. The summed E-state index contributed by atoms with van der Waals surface area (Å²) in [6, 6.07) is 6.24. The van der Waals surface area contributed by atoms with Gasteiger partial charge in [-0.25, -0.2) is 0 Å². The lowest BCUT2D eigenvalue weighted by Gasteiger charge is -2.12. The number of benzene rings is 1. The van der Waals surface area contributed by atoms with E-state index in [0.29, 0.717) is 36.3 Å². The summed E-state index contributed by atoms with van der Waals surface area (Å²) < 4.78 is 5.62. The highest BCUT2D eigenvalue weighted by Gasteiger charge is 2.06. The number of ether oxygens (including phenoxy) is 1. The highest BCUT2D eigenvalue weighted by Crippen LogP contribution is 2.25. The fourth-order valence-electron chi connectivity index (χ4n) is 1.72. The summed E-state index contributed by atoms with van der Waals surface area (Å²) in [5.74, 6) is 0.780. The van der Waals surface area contributed by atoms with Gasteiger partial charge in [-0.1, -0.05) is 31.5 Å². The molecular weight excluding hydrogens is 288 g/mol. The molecular formula is C16H25ClN2O2. The molecule has 0 saturated heterocycles. The minimum Gasteiger partial charge on any atom is -0.492 e. The SMILES string of the molecule is CC(C)NCc1ccc(OCCCC(=O)N(C)C)c(Cl)c1. The number of nitrogens with one attached hydrogen (secondary N) is 1. The van der Waals surface area contributed by atoms with Gasteiger partial charge in [0, 0.05) is 33.1 Å². The number of hydrogen-bond acceptors (Lipinski definition) is 3. The molecule has 0 saturated carbocycles. The smallest absolute Gasteiger partial charge is 0.222 e. The third kappa shape index (κ3) is 6.82. The van der Waals surface area contributed by atoms with Crippen molar-refractivity contribution in [3.05, 3.63) is 28.8 Å². The third-order valence-corrected chi connectivity index (χ3v) is 3.30. The van der Waals surface area contributed by atoms with Crippen molar-refractivity contribution >= 4 is 17.5 Å². The van der Waals surface area contributed by atoms with Crippen molar-refractivity contribution in [2.24, 2.45) is 0 Å². The minimum atomic E-state index is 0.111. The first-order valence-electron chi connectivity index (χ1n) is 7.25. The topological polar surface area (TPSA) is 41.6 Å². The Hall–Kier alpha value is -1.26. The molecule has 0 radical (unpaired) electrons. The van der Waals surface area contributed by atoms with Crippen molar-refractivity contribution in [3.8, 4) is 5.75 Å². The molecule has 0 aliphatic heterocycles. The Labute approximate surface area is 132 Å². The molecule has 0 aliphatic rings. The Balaban J connectivity index is 2.40. The van der Waals surface area contributed by atoms with Crippen molar-refractivity contribution in [2.45, 2.75) is 39.3 Å². The van der Waals surface area contributed by atoms with E-state index in [0.717, 1.165) is 12.1 Å². The monoisotopic (exact) mass is 312 g/mol. The average Bonchev–Trinajstić information content (AvgIpc) is 2.42. The fourth-order valence-corrected chi connectivity index (χ4v) is 1.98. The predicted octanol–water partition coefficient (Wildman–Crippen LogP) is 3.09. The van der Waals surface area contributed by atoms with Gasteiger partial charge in [-0.05, 0) is 24.1 Å². The summed E-state index contributed by atoms with van der Waals surface area (Å²) in [6.07, 6.45) is 1.17. The molecule has 0 atom stereocenters. The van der Waals surface area contributed by atoms with E-state index < -0.39 is 0 Å². The largest absolute Gasteiger partial charge is 0.492 e. The molecule has 0 bridgehead atoms. The number of hydrogen-bond donors (Lipinski definition) is 1. The Morgan fingerprint density at radius 3 is 2.67 bits per heavy atom. The van der Waals surface area contributed by atoms with Crippen molar-refractivity contribution in [3.63, 3.8) is 0 Å². The minimum absolute atomic E-state index is 0.111. The zero-order valence-corrected chi connectivity index (χ0v) is 14.0. The van der Waals surface area contributed by atoms with Crippen LogP contribution in [0.4, 0.5) is 0 Å². The van der Waals surface area contributed by atoms with Gasteiger partial charge in [-0.15, -0.1) is 0 Å². The maximum Gasteiger partial charge on any atom is 0.222 e. The van der Waals surface area contributed by atoms with Crippen LogP contribution >= 0.6 is 11.6 Å². The fraction of sp³-hybridized carbons (Fsp3) is 0.562. The van der Waals surface area contributed by atoms with Gasteiger partial charge in [-0.3, -0.25) is 4.79 Å². The molecule has 1 rings (SSSR count). The highest BCUT2D eigenvalue weighted by molar-refractivity contribution is 6.32. The van der Waals surface area contributed by atoms with E-state index in [9.17, 15) is 4.79 Å². The number of carbonyl (C=O) groups excluding carboxylic acids is 1. The van der Waals surface area contributed by atoms with Crippen LogP contribution in [0.5, 0.6) is 5.75 Å². The van der Waals surface area contributed by atoms with E-state index in [-0.39, 0.29) is 5.91 Å². The van der Waals surface area contributed by atoms with Crippen LogP contribution in [0, 0.1) is 0 Å². The van der Waals surface area contributed by atoms with Gasteiger partial charge >= 0.3 is 0 Å². The molecule has 1 N–H and O–H groups in total. The third-order valence-electron chi connectivity index (χ3n) is 3.00. The zero-order valence-electron chi connectivity index (χ0n) is 13.3. The van der Waals surface area contributed by atoms with Crippen LogP contribution in [0.1, 0.15) is 32.3 Å². The maximum atomic E-state index is 11.4. The Morgan fingerprint density at radius 2 is 2.10 bits per heavy atom. The molecule has 0 aliphatic carbocycles. The van der Waals surface area contributed by atoms with Gasteiger partial charge in [0.15, 0.2) is 0 Å². The first-order chi connectivity index (χ1) is 9.90. The second-order valence-electron chi connectivity index (χ2n) is 5.54. The highest BCUT2D eigenvalue weighted by atomic mass is 35.5. The Morgan fingerprint density at radius 1 is 1.38 bits per heavy atom. The molecule has 5 heteroatoms. The van der Waals surface area contributed by atoms with E-state index in [4.69, 9.17) is 16.3 Å². The molecule has 0 unspecified atom stereocenters. The molecule has 1 amide bonds. The van der Waals surface area contributed by atoms with Gasteiger partial charge in [0.25, 0.3) is 0 Å². The molecule has 0 heterocycles. The van der Waals surface area contributed by atoms with Crippen LogP contribution in [0.3, 0.4) is 0 Å². The molecule has 1 aromatic carbocycles. The summed E-state index contributed by atoms with van der Waals surface area (Å²) in [6.45, 7) is 5.49. The van der Waals surface area contributed by atoms with Crippen LogP contribution in [0.15, 0.2) is 18.2 Å². The van der Waals surface area contributed by atoms with Gasteiger partial charge in [0.2, 0.25) is 5.91 Å². The molecule has 1 aromatic rings. The van der Waals surface area contributed by atoms with E-state index in [1.165, 1.54) is 0 Å². The van der Waals surface area contributed by atoms with Gasteiger partial charge in [0.1, 0.15) is 5.75 Å². The Kier molecular flexibility index (Phi) is 7.54.